The maximum absolute atomic E-state index is 12.9. The number of hydrogen-bond acceptors (Lipinski definition) is 5. The summed E-state index contributed by atoms with van der Waals surface area (Å²) in [6.07, 6.45) is -5.48. The topological polar surface area (TPSA) is 75.8 Å². The molecule has 1 aromatic heterocycles. The predicted molar refractivity (Wildman–Crippen MR) is 63.4 cm³/mol. The van der Waals surface area contributed by atoms with Gasteiger partial charge in [-0.3, -0.25) is 0 Å². The van der Waals surface area contributed by atoms with Crippen molar-refractivity contribution in [3.8, 4) is 0 Å². The van der Waals surface area contributed by atoms with Crippen molar-refractivity contribution >= 4 is 6.09 Å². The molecule has 1 aliphatic rings. The monoisotopic (exact) mass is 308 g/mol. The summed E-state index contributed by atoms with van der Waals surface area (Å²) >= 11 is 0. The summed E-state index contributed by atoms with van der Waals surface area (Å²) in [5.74, 6) is -0.346. The van der Waals surface area contributed by atoms with Crippen LogP contribution in [0.4, 0.5) is 18.0 Å². The fourth-order valence-electron chi connectivity index (χ4n) is 2.37. The first kappa shape index (κ1) is 15.6. The van der Waals surface area contributed by atoms with Gasteiger partial charge in [-0.15, -0.1) is 0 Å². The molecule has 2 rings (SSSR count). The van der Waals surface area contributed by atoms with Crippen LogP contribution in [0.5, 0.6) is 0 Å². The molecule has 0 aliphatic carbocycles. The summed E-state index contributed by atoms with van der Waals surface area (Å²) in [6.45, 7) is 2.36. The molecule has 21 heavy (non-hydrogen) atoms. The van der Waals surface area contributed by atoms with Crippen LogP contribution in [0.1, 0.15) is 36.8 Å². The number of hydrogen-bond donors (Lipinski definition) is 1. The van der Waals surface area contributed by atoms with Crippen molar-refractivity contribution in [3.63, 3.8) is 0 Å². The van der Waals surface area contributed by atoms with E-state index in [-0.39, 0.29) is 24.4 Å². The lowest BCUT2D eigenvalue weighted by Gasteiger charge is -2.31. The van der Waals surface area contributed by atoms with E-state index in [0.717, 1.165) is 0 Å². The third kappa shape index (κ3) is 2.45. The van der Waals surface area contributed by atoms with Crippen molar-refractivity contribution in [1.82, 2.24) is 10.1 Å². The number of amides is 1. The van der Waals surface area contributed by atoms with E-state index in [4.69, 9.17) is 4.52 Å². The van der Waals surface area contributed by atoms with Crippen LogP contribution in [-0.4, -0.2) is 41.1 Å². The number of nitrogens with zero attached hydrogens (tertiary/aromatic N) is 2. The number of carbonyl (C=O) groups excluding carboxylic acids is 1. The molecule has 1 aromatic rings. The summed E-state index contributed by atoms with van der Waals surface area (Å²) in [6, 6.07) is 0. The fraction of sp³-hybridized carbons (Fsp3) is 0.667. The van der Waals surface area contributed by atoms with Gasteiger partial charge < -0.3 is 19.3 Å². The van der Waals surface area contributed by atoms with E-state index in [2.05, 4.69) is 9.89 Å². The van der Waals surface area contributed by atoms with Crippen LogP contribution in [0, 0.1) is 0 Å². The third-order valence-corrected chi connectivity index (χ3v) is 3.57. The first-order valence-electron chi connectivity index (χ1n) is 6.20. The molecule has 0 aromatic carbocycles. The molecule has 1 amide bonds. The van der Waals surface area contributed by atoms with Crippen LogP contribution >= 0.6 is 0 Å². The third-order valence-electron chi connectivity index (χ3n) is 3.57. The van der Waals surface area contributed by atoms with Gasteiger partial charge in [0.1, 0.15) is 5.69 Å². The van der Waals surface area contributed by atoms with Crippen molar-refractivity contribution in [2.75, 3.05) is 13.7 Å². The number of fused-ring (bicyclic) bond motifs is 1. The van der Waals surface area contributed by atoms with Gasteiger partial charge in [-0.1, -0.05) is 12.1 Å². The first-order chi connectivity index (χ1) is 9.59. The average Bonchev–Trinajstić information content (AvgIpc) is 2.81. The van der Waals surface area contributed by atoms with Crippen LogP contribution in [0.15, 0.2) is 4.52 Å². The van der Waals surface area contributed by atoms with Crippen molar-refractivity contribution in [3.05, 3.63) is 17.0 Å². The minimum Gasteiger partial charge on any atom is -0.453 e. The highest BCUT2D eigenvalue weighted by atomic mass is 19.4. The second kappa shape index (κ2) is 4.90. The van der Waals surface area contributed by atoms with Gasteiger partial charge >= 0.3 is 12.3 Å². The standard InChI is InChI=1S/C12H15F3N2O4/c1-6-4-17(10(18)20-3)5-7-8(6)9(16-21-7)11(2,19)12(13,14)15/h6,19H,4-5H2,1-3H3/t6-,11+/m0/s1. The highest BCUT2D eigenvalue weighted by molar-refractivity contribution is 5.68. The normalized spacial score (nSPS) is 21.7. The van der Waals surface area contributed by atoms with Gasteiger partial charge in [0, 0.05) is 18.0 Å². The van der Waals surface area contributed by atoms with Crippen LogP contribution in [0.25, 0.3) is 0 Å². The van der Waals surface area contributed by atoms with E-state index in [0.29, 0.717) is 6.92 Å². The second-order valence-corrected chi connectivity index (χ2v) is 5.19. The molecule has 0 saturated heterocycles. The van der Waals surface area contributed by atoms with E-state index >= 15 is 0 Å². The number of alkyl halides is 3. The highest BCUT2D eigenvalue weighted by Crippen LogP contribution is 2.43. The Morgan fingerprint density at radius 2 is 2.14 bits per heavy atom. The van der Waals surface area contributed by atoms with Crippen molar-refractivity contribution in [2.45, 2.75) is 38.1 Å². The summed E-state index contributed by atoms with van der Waals surface area (Å²) in [7, 11) is 1.21. The largest absolute Gasteiger partial charge is 0.453 e. The van der Waals surface area contributed by atoms with E-state index in [1.54, 1.807) is 6.92 Å². The highest BCUT2D eigenvalue weighted by Gasteiger charge is 2.55. The molecule has 0 spiro atoms. The zero-order valence-corrected chi connectivity index (χ0v) is 11.7. The summed E-state index contributed by atoms with van der Waals surface area (Å²) in [5, 5.41) is 13.1. The van der Waals surface area contributed by atoms with Gasteiger partial charge in [0.15, 0.2) is 5.76 Å². The molecule has 6 nitrogen and oxygen atoms in total. The number of ether oxygens (including phenoxy) is 1. The molecule has 1 aliphatic heterocycles. The van der Waals surface area contributed by atoms with E-state index in [1.807, 2.05) is 0 Å². The molecule has 0 saturated carbocycles. The zero-order valence-electron chi connectivity index (χ0n) is 11.7. The summed E-state index contributed by atoms with van der Waals surface area (Å²) in [5.41, 5.74) is -3.47. The lowest BCUT2D eigenvalue weighted by molar-refractivity contribution is -0.261. The number of aromatic nitrogens is 1. The van der Waals surface area contributed by atoms with Crippen LogP contribution in [0.2, 0.25) is 0 Å². The Kier molecular flexibility index (Phi) is 3.64. The molecule has 0 unspecified atom stereocenters. The molecular weight excluding hydrogens is 293 g/mol. The Bertz CT molecular complexity index is 553. The van der Waals surface area contributed by atoms with Crippen molar-refractivity contribution in [1.29, 1.82) is 0 Å². The Balaban J connectivity index is 2.41. The minimum absolute atomic E-state index is 0.0483. The molecule has 0 bridgehead atoms. The Labute approximate surface area is 118 Å². The summed E-state index contributed by atoms with van der Waals surface area (Å²) in [4.78, 5) is 12.8. The van der Waals surface area contributed by atoms with E-state index in [1.165, 1.54) is 12.0 Å². The Hall–Kier alpha value is -1.77. The molecule has 118 valence electrons. The maximum atomic E-state index is 12.9. The molecule has 2 heterocycles. The number of halogens is 3. The van der Waals surface area contributed by atoms with Crippen LogP contribution < -0.4 is 0 Å². The molecule has 2 atom stereocenters. The second-order valence-electron chi connectivity index (χ2n) is 5.19. The van der Waals surface area contributed by atoms with Crippen LogP contribution in [0.3, 0.4) is 0 Å². The lowest BCUT2D eigenvalue weighted by Crippen LogP contribution is -2.42. The smallest absolute Gasteiger partial charge is 0.422 e. The quantitative estimate of drug-likeness (QED) is 0.860. The zero-order chi connectivity index (χ0) is 16.0. The predicted octanol–water partition coefficient (Wildman–Crippen LogP) is 2.13. The minimum atomic E-state index is -4.88. The summed E-state index contributed by atoms with van der Waals surface area (Å²) < 4.78 is 48.3. The van der Waals surface area contributed by atoms with E-state index in [9.17, 15) is 23.1 Å². The van der Waals surface area contributed by atoms with Gasteiger partial charge in [0.25, 0.3) is 0 Å². The van der Waals surface area contributed by atoms with Crippen molar-refractivity contribution < 1.29 is 32.3 Å². The van der Waals surface area contributed by atoms with Gasteiger partial charge in [0.2, 0.25) is 5.60 Å². The first-order valence-corrected chi connectivity index (χ1v) is 6.20. The number of rotatable bonds is 1. The fourth-order valence-corrected chi connectivity index (χ4v) is 2.37. The number of carbonyl (C=O) groups is 1. The molecule has 9 heteroatoms. The number of methoxy groups -OCH3 is 1. The van der Waals surface area contributed by atoms with Gasteiger partial charge in [-0.05, 0) is 6.92 Å². The lowest BCUT2D eigenvalue weighted by atomic mass is 9.88. The van der Waals surface area contributed by atoms with E-state index < -0.39 is 29.5 Å². The molecular formula is C12H15F3N2O4. The maximum Gasteiger partial charge on any atom is 0.422 e. The Morgan fingerprint density at radius 1 is 1.52 bits per heavy atom. The van der Waals surface area contributed by atoms with Gasteiger partial charge in [0.05, 0.1) is 13.7 Å². The Morgan fingerprint density at radius 3 is 2.67 bits per heavy atom. The molecule has 0 fully saturated rings. The van der Waals surface area contributed by atoms with Gasteiger partial charge in [-0.25, -0.2) is 4.79 Å². The number of aliphatic hydroxyl groups is 1. The average molecular weight is 308 g/mol. The van der Waals surface area contributed by atoms with Crippen molar-refractivity contribution in [2.24, 2.45) is 0 Å². The molecule has 0 radical (unpaired) electrons. The van der Waals surface area contributed by atoms with Crippen LogP contribution in [-0.2, 0) is 16.9 Å². The van der Waals surface area contributed by atoms with Gasteiger partial charge in [-0.2, -0.15) is 13.2 Å². The SMILES string of the molecule is COC(=O)N1Cc2onc([C@@](C)(O)C(F)(F)F)c2[C@@H](C)C1. The molecule has 1 N–H and O–H groups in total.